The van der Waals surface area contributed by atoms with Crippen LogP contribution in [0.25, 0.3) is 0 Å². The quantitative estimate of drug-likeness (QED) is 0.581. The van der Waals surface area contributed by atoms with E-state index in [1.54, 1.807) is 13.1 Å². The topological polar surface area (TPSA) is 72.1 Å². The molecular weight excluding hydrogens is 208 g/mol. The average Bonchev–Trinajstić information content (AvgIpc) is 2.61. The summed E-state index contributed by atoms with van der Waals surface area (Å²) in [6.07, 6.45) is 2.41. The lowest BCUT2D eigenvalue weighted by Crippen LogP contribution is -2.11. The molecule has 5 heteroatoms. The van der Waals surface area contributed by atoms with Gasteiger partial charge in [-0.3, -0.25) is 9.59 Å². The molecule has 1 heterocycles. The molecule has 0 amide bonds. The lowest BCUT2D eigenvalue weighted by Gasteiger charge is -2.00. The molecule has 0 bridgehead atoms. The van der Waals surface area contributed by atoms with Gasteiger partial charge in [-0.1, -0.05) is 0 Å². The highest BCUT2D eigenvalue weighted by Gasteiger charge is 2.10. The first-order valence-electron chi connectivity index (χ1n) is 5.29. The molecule has 0 atom stereocenters. The number of rotatable bonds is 6. The van der Waals surface area contributed by atoms with E-state index in [1.165, 1.54) is 0 Å². The number of aromatic nitrogens is 2. The summed E-state index contributed by atoms with van der Waals surface area (Å²) in [6, 6.07) is 0. The van der Waals surface area contributed by atoms with Gasteiger partial charge in [-0.15, -0.1) is 0 Å². The van der Waals surface area contributed by atoms with Crippen molar-refractivity contribution in [1.29, 1.82) is 0 Å². The maximum Gasteiger partial charge on any atom is 0.313 e. The highest BCUT2D eigenvalue weighted by molar-refractivity contribution is 5.95. The number of hydrogen-bond acceptors (Lipinski definition) is 4. The van der Waals surface area contributed by atoms with Crippen molar-refractivity contribution in [3.05, 3.63) is 17.7 Å². The van der Waals surface area contributed by atoms with Crippen LogP contribution in [0, 0.1) is 6.92 Å². The van der Waals surface area contributed by atoms with Gasteiger partial charge in [0.15, 0.2) is 0 Å². The number of ether oxygens (including phenoxy) is 1. The lowest BCUT2D eigenvalue weighted by molar-refractivity contribution is -0.145. The summed E-state index contributed by atoms with van der Waals surface area (Å²) in [5.41, 5.74) is 0.966. The second-order valence-electron chi connectivity index (χ2n) is 3.53. The van der Waals surface area contributed by atoms with Gasteiger partial charge in [-0.05, 0) is 13.8 Å². The molecule has 0 spiro atoms. The zero-order valence-electron chi connectivity index (χ0n) is 9.58. The number of hydrogen-bond donors (Lipinski definition) is 1. The predicted molar refractivity (Wildman–Crippen MR) is 57.9 cm³/mol. The number of H-pyrrole nitrogens is 1. The van der Waals surface area contributed by atoms with Gasteiger partial charge >= 0.3 is 5.97 Å². The van der Waals surface area contributed by atoms with Gasteiger partial charge in [0, 0.05) is 24.7 Å². The van der Waals surface area contributed by atoms with Crippen LogP contribution in [0.3, 0.4) is 0 Å². The van der Waals surface area contributed by atoms with E-state index >= 15 is 0 Å². The first kappa shape index (κ1) is 12.4. The van der Waals surface area contributed by atoms with E-state index in [4.69, 9.17) is 0 Å². The minimum Gasteiger partial charge on any atom is -0.466 e. The van der Waals surface area contributed by atoms with Crippen molar-refractivity contribution in [1.82, 2.24) is 9.97 Å². The fourth-order valence-electron chi connectivity index (χ4n) is 1.31. The number of aromatic amines is 1. The van der Waals surface area contributed by atoms with Crippen LogP contribution < -0.4 is 0 Å². The number of ketones is 1. The molecule has 1 aromatic heterocycles. The number of esters is 1. The largest absolute Gasteiger partial charge is 0.466 e. The molecule has 88 valence electrons. The Labute approximate surface area is 94.2 Å². The Hall–Kier alpha value is -1.65. The molecule has 5 nitrogen and oxygen atoms in total. The molecule has 0 aromatic carbocycles. The normalized spacial score (nSPS) is 10.1. The van der Waals surface area contributed by atoms with Gasteiger partial charge in [-0.2, -0.15) is 0 Å². The minimum absolute atomic E-state index is 0.118. The number of Topliss-reactive ketones (excluding diaryl/α,β-unsaturated/α-hetero) is 1. The molecule has 1 aromatic rings. The van der Waals surface area contributed by atoms with Crippen molar-refractivity contribution >= 4 is 11.8 Å². The summed E-state index contributed by atoms with van der Waals surface area (Å²) >= 11 is 0. The van der Waals surface area contributed by atoms with Crippen LogP contribution in [-0.4, -0.2) is 28.3 Å². The lowest BCUT2D eigenvalue weighted by atomic mass is 10.1. The van der Waals surface area contributed by atoms with Crippen LogP contribution in [0.1, 0.15) is 31.3 Å². The van der Waals surface area contributed by atoms with Crippen LogP contribution in [0.5, 0.6) is 0 Å². The van der Waals surface area contributed by atoms with Gasteiger partial charge in [0.2, 0.25) is 0 Å². The number of nitrogens with zero attached hydrogens (tertiary/aromatic N) is 1. The first-order valence-corrected chi connectivity index (χ1v) is 5.29. The standard InChI is InChI=1S/C11H16N2O3/c1-3-16-11(15)6-9(14)4-5-10-12-7-8(2)13-10/h7H,3-6H2,1-2H3,(H,12,13). The maximum absolute atomic E-state index is 11.4. The molecule has 1 rings (SSSR count). The highest BCUT2D eigenvalue weighted by Crippen LogP contribution is 2.01. The SMILES string of the molecule is CCOC(=O)CC(=O)CCc1ncc(C)[nH]1. The summed E-state index contributed by atoms with van der Waals surface area (Å²) in [7, 11) is 0. The monoisotopic (exact) mass is 224 g/mol. The Kier molecular flexibility index (Phi) is 4.69. The second kappa shape index (κ2) is 6.05. The smallest absolute Gasteiger partial charge is 0.313 e. The van der Waals surface area contributed by atoms with E-state index in [2.05, 4.69) is 14.7 Å². The molecular formula is C11H16N2O3. The molecule has 0 radical (unpaired) electrons. The number of carbonyl (C=O) groups is 2. The van der Waals surface area contributed by atoms with Crippen molar-refractivity contribution in [3.8, 4) is 0 Å². The third-order valence-corrected chi connectivity index (χ3v) is 2.04. The number of nitrogens with one attached hydrogen (secondary N) is 1. The molecule has 16 heavy (non-hydrogen) atoms. The molecule has 0 aliphatic carbocycles. The molecule has 0 aliphatic heterocycles. The molecule has 0 saturated heterocycles. The number of carbonyl (C=O) groups excluding carboxylic acids is 2. The Morgan fingerprint density at radius 2 is 2.25 bits per heavy atom. The van der Waals surface area contributed by atoms with Crippen molar-refractivity contribution < 1.29 is 14.3 Å². The third-order valence-electron chi connectivity index (χ3n) is 2.04. The van der Waals surface area contributed by atoms with Crippen LogP contribution >= 0.6 is 0 Å². The van der Waals surface area contributed by atoms with E-state index in [0.717, 1.165) is 11.5 Å². The third kappa shape index (κ3) is 4.25. The predicted octanol–water partition coefficient (Wildman–Crippen LogP) is 1.17. The van der Waals surface area contributed by atoms with Crippen LogP contribution in [0.4, 0.5) is 0 Å². The van der Waals surface area contributed by atoms with Gasteiger partial charge in [-0.25, -0.2) is 4.98 Å². The maximum atomic E-state index is 11.4. The van der Waals surface area contributed by atoms with E-state index in [1.807, 2.05) is 6.92 Å². The van der Waals surface area contributed by atoms with Gasteiger partial charge in [0.1, 0.15) is 18.0 Å². The molecule has 0 aliphatic rings. The number of imidazole rings is 1. The fraction of sp³-hybridized carbons (Fsp3) is 0.545. The summed E-state index contributed by atoms with van der Waals surface area (Å²) in [5, 5.41) is 0. The average molecular weight is 224 g/mol. The van der Waals surface area contributed by atoms with E-state index < -0.39 is 5.97 Å². The Morgan fingerprint density at radius 3 is 2.81 bits per heavy atom. The molecule has 0 saturated carbocycles. The summed E-state index contributed by atoms with van der Waals surface area (Å²) < 4.78 is 4.69. The van der Waals surface area contributed by atoms with E-state index in [0.29, 0.717) is 19.4 Å². The van der Waals surface area contributed by atoms with Crippen LogP contribution in [-0.2, 0) is 20.7 Å². The van der Waals surface area contributed by atoms with Crippen molar-refractivity contribution in [2.45, 2.75) is 33.1 Å². The van der Waals surface area contributed by atoms with Gasteiger partial charge in [0.05, 0.1) is 6.61 Å². The Bertz CT molecular complexity index is 371. The summed E-state index contributed by atoms with van der Waals surface area (Å²) in [6.45, 7) is 3.93. The molecule has 0 fully saturated rings. The second-order valence-corrected chi connectivity index (χ2v) is 3.53. The Morgan fingerprint density at radius 1 is 1.50 bits per heavy atom. The molecule has 1 N–H and O–H groups in total. The minimum atomic E-state index is -0.455. The number of aryl methyl sites for hydroxylation is 2. The summed E-state index contributed by atoms with van der Waals surface area (Å²) in [4.78, 5) is 29.5. The van der Waals surface area contributed by atoms with Gasteiger partial charge in [0.25, 0.3) is 0 Å². The zero-order valence-corrected chi connectivity index (χ0v) is 9.58. The van der Waals surface area contributed by atoms with Gasteiger partial charge < -0.3 is 9.72 Å². The van der Waals surface area contributed by atoms with Crippen LogP contribution in [0.15, 0.2) is 6.20 Å². The fourth-order valence-corrected chi connectivity index (χ4v) is 1.31. The highest BCUT2D eigenvalue weighted by atomic mass is 16.5. The van der Waals surface area contributed by atoms with E-state index in [9.17, 15) is 9.59 Å². The molecule has 0 unspecified atom stereocenters. The van der Waals surface area contributed by atoms with E-state index in [-0.39, 0.29) is 12.2 Å². The summed E-state index contributed by atoms with van der Waals surface area (Å²) in [5.74, 6) is 0.199. The van der Waals surface area contributed by atoms with Crippen molar-refractivity contribution in [2.24, 2.45) is 0 Å². The van der Waals surface area contributed by atoms with Crippen molar-refractivity contribution in [3.63, 3.8) is 0 Å². The van der Waals surface area contributed by atoms with Crippen LogP contribution in [0.2, 0.25) is 0 Å². The first-order chi connectivity index (χ1) is 7.61. The zero-order chi connectivity index (χ0) is 12.0. The Balaban J connectivity index is 2.27. The van der Waals surface area contributed by atoms with Crippen molar-refractivity contribution in [2.75, 3.05) is 6.61 Å².